The predicted octanol–water partition coefficient (Wildman–Crippen LogP) is 2.49. The fourth-order valence-electron chi connectivity index (χ4n) is 1.52. The number of anilines is 1. The molecule has 1 atom stereocenters. The van der Waals surface area contributed by atoms with Crippen molar-refractivity contribution in [2.24, 2.45) is 0 Å². The van der Waals surface area contributed by atoms with Crippen LogP contribution in [0.3, 0.4) is 0 Å². The first-order valence-corrected chi connectivity index (χ1v) is 6.22. The lowest BCUT2D eigenvalue weighted by Gasteiger charge is -2.21. The van der Waals surface area contributed by atoms with E-state index in [2.05, 4.69) is 34.3 Å². The maximum atomic E-state index is 11.8. The quantitative estimate of drug-likeness (QED) is 0.847. The lowest BCUT2D eigenvalue weighted by molar-refractivity contribution is -0.128. The molecule has 1 aromatic rings. The van der Waals surface area contributed by atoms with Crippen molar-refractivity contribution in [3.63, 3.8) is 0 Å². The molecule has 0 saturated carbocycles. The van der Waals surface area contributed by atoms with Crippen LogP contribution in [0.2, 0.25) is 0 Å². The molecule has 2 rings (SSSR count). The molecular weight excluding hydrogens is 317 g/mol. The van der Waals surface area contributed by atoms with E-state index < -0.39 is 0 Å². The van der Waals surface area contributed by atoms with Gasteiger partial charge in [0, 0.05) is 15.9 Å². The third-order valence-electron chi connectivity index (χ3n) is 2.31. The maximum absolute atomic E-state index is 11.8. The van der Waals surface area contributed by atoms with E-state index in [1.165, 1.54) is 0 Å². The van der Waals surface area contributed by atoms with E-state index in [9.17, 15) is 4.79 Å². The largest absolute Gasteiger partial charge is 0.368 e. The van der Waals surface area contributed by atoms with E-state index in [4.69, 9.17) is 4.74 Å². The van der Waals surface area contributed by atoms with Crippen LogP contribution in [0.15, 0.2) is 24.3 Å². The van der Waals surface area contributed by atoms with Crippen LogP contribution in [-0.2, 0) is 9.53 Å². The summed E-state index contributed by atoms with van der Waals surface area (Å²) in [4.78, 5) is 11.8. The van der Waals surface area contributed by atoms with Crippen LogP contribution in [0.25, 0.3) is 0 Å². The van der Waals surface area contributed by atoms with Gasteiger partial charge < -0.3 is 10.1 Å². The number of hydrogen-bond donors (Lipinski definition) is 1. The van der Waals surface area contributed by atoms with Gasteiger partial charge in [-0.05, 0) is 60.1 Å². The molecule has 1 aliphatic heterocycles. The molecule has 0 aromatic heterocycles. The Morgan fingerprint density at radius 2 is 2.44 bits per heavy atom. The lowest BCUT2D eigenvalue weighted by Crippen LogP contribution is -2.33. The highest BCUT2D eigenvalue weighted by Crippen LogP contribution is 2.16. The van der Waals surface area contributed by atoms with Gasteiger partial charge in [0.15, 0.2) is 0 Å². The monoisotopic (exact) mass is 329 g/mol. The van der Waals surface area contributed by atoms with Gasteiger partial charge in [-0.2, -0.15) is 0 Å². The van der Waals surface area contributed by atoms with Crippen molar-refractivity contribution in [1.82, 2.24) is 0 Å². The number of carbonyl (C=O) groups is 1. The zero-order valence-corrected chi connectivity index (χ0v) is 10.9. The van der Waals surface area contributed by atoms with Crippen molar-refractivity contribution < 1.29 is 9.53 Å². The van der Waals surface area contributed by atoms with Crippen LogP contribution in [0, 0.1) is 9.99 Å². The summed E-state index contributed by atoms with van der Waals surface area (Å²) in [7, 11) is 0. The summed E-state index contributed by atoms with van der Waals surface area (Å²) in [5.74, 6) is -0.0887. The Morgan fingerprint density at radius 3 is 3.12 bits per heavy atom. The van der Waals surface area contributed by atoms with E-state index in [1.54, 1.807) is 0 Å². The Hall–Kier alpha value is -0.620. The average Bonchev–Trinajstić information content (AvgIpc) is 2.30. The van der Waals surface area contributed by atoms with Crippen LogP contribution in [0.1, 0.15) is 12.8 Å². The second-order valence-corrected chi connectivity index (χ2v) is 4.81. The summed E-state index contributed by atoms with van der Waals surface area (Å²) in [6, 6.07) is 7.69. The maximum Gasteiger partial charge on any atom is 0.253 e. The third-order valence-corrected chi connectivity index (χ3v) is 2.98. The van der Waals surface area contributed by atoms with Crippen molar-refractivity contribution in [2.75, 3.05) is 11.9 Å². The summed E-state index contributed by atoms with van der Waals surface area (Å²) in [6.45, 7) is 0.588. The van der Waals surface area contributed by atoms with Gasteiger partial charge in [0.25, 0.3) is 5.91 Å². The normalized spacial score (nSPS) is 20.4. The molecule has 2 radical (unpaired) electrons. The second-order valence-electron chi connectivity index (χ2n) is 3.56. The molecule has 4 heteroatoms. The molecule has 84 valence electrons. The fraction of sp³-hybridized carbons (Fsp3) is 0.333. The number of halogens is 1. The zero-order chi connectivity index (χ0) is 11.4. The molecule has 0 bridgehead atoms. The highest BCUT2D eigenvalue weighted by Gasteiger charge is 2.22. The van der Waals surface area contributed by atoms with Gasteiger partial charge in [-0.3, -0.25) is 4.79 Å². The molecular formula is C12H12INO2. The molecule has 1 amide bonds. The minimum atomic E-state index is -0.383. The molecule has 1 saturated heterocycles. The molecule has 1 fully saturated rings. The van der Waals surface area contributed by atoms with Crippen LogP contribution in [0.5, 0.6) is 0 Å². The Morgan fingerprint density at radius 1 is 1.56 bits per heavy atom. The molecule has 16 heavy (non-hydrogen) atoms. The van der Waals surface area contributed by atoms with E-state index in [0.29, 0.717) is 13.0 Å². The molecule has 1 unspecified atom stereocenters. The lowest BCUT2D eigenvalue weighted by atomic mass is 10.1. The summed E-state index contributed by atoms with van der Waals surface area (Å²) in [5, 5.41) is 2.84. The summed E-state index contributed by atoms with van der Waals surface area (Å²) >= 11 is 2.21. The molecule has 1 heterocycles. The number of rotatable bonds is 2. The summed E-state index contributed by atoms with van der Waals surface area (Å²) < 4.78 is 6.46. The highest BCUT2D eigenvalue weighted by atomic mass is 127. The standard InChI is InChI=1S/C12H12INO2/c13-9-4-3-5-10(8-9)14-12(15)11-6-1-2-7-16-11/h3-5,8,11H,2,6-7H2,(H,14,15). The Bertz CT molecular complexity index is 375. The highest BCUT2D eigenvalue weighted by molar-refractivity contribution is 14.1. The van der Waals surface area contributed by atoms with E-state index >= 15 is 0 Å². The number of amides is 1. The third kappa shape index (κ3) is 3.18. The van der Waals surface area contributed by atoms with Crippen molar-refractivity contribution in [3.05, 3.63) is 34.3 Å². The van der Waals surface area contributed by atoms with E-state index in [0.717, 1.165) is 15.7 Å². The van der Waals surface area contributed by atoms with E-state index in [-0.39, 0.29) is 12.0 Å². The number of ether oxygens (including phenoxy) is 1. The topological polar surface area (TPSA) is 38.3 Å². The molecule has 1 N–H and O–H groups in total. The Labute approximate surface area is 109 Å². The van der Waals surface area contributed by atoms with Gasteiger partial charge in [0.1, 0.15) is 6.10 Å². The first-order chi connectivity index (χ1) is 7.75. The SMILES string of the molecule is O=C(Nc1cccc(I)c1)C1C[C]CCO1. The molecule has 3 nitrogen and oxygen atoms in total. The second kappa shape index (κ2) is 5.63. The van der Waals surface area contributed by atoms with Crippen LogP contribution < -0.4 is 5.32 Å². The zero-order valence-electron chi connectivity index (χ0n) is 8.70. The molecule has 1 aromatic carbocycles. The summed E-state index contributed by atoms with van der Waals surface area (Å²) in [6.07, 6.45) is 4.13. The van der Waals surface area contributed by atoms with Crippen molar-refractivity contribution in [2.45, 2.75) is 18.9 Å². The average molecular weight is 329 g/mol. The van der Waals surface area contributed by atoms with Gasteiger partial charge in [0.05, 0.1) is 0 Å². The first-order valence-electron chi connectivity index (χ1n) is 5.14. The van der Waals surface area contributed by atoms with Gasteiger partial charge in [-0.1, -0.05) is 6.07 Å². The van der Waals surface area contributed by atoms with Crippen molar-refractivity contribution in [1.29, 1.82) is 0 Å². The van der Waals surface area contributed by atoms with Crippen LogP contribution >= 0.6 is 22.6 Å². The number of nitrogens with one attached hydrogen (secondary N) is 1. The summed E-state index contributed by atoms with van der Waals surface area (Å²) in [5.41, 5.74) is 0.811. The fourth-order valence-corrected chi connectivity index (χ4v) is 2.07. The van der Waals surface area contributed by atoms with E-state index in [1.807, 2.05) is 24.3 Å². The van der Waals surface area contributed by atoms with Gasteiger partial charge >= 0.3 is 0 Å². The minimum Gasteiger partial charge on any atom is -0.368 e. The first kappa shape index (κ1) is 11.9. The number of hydrogen-bond acceptors (Lipinski definition) is 2. The van der Waals surface area contributed by atoms with Crippen molar-refractivity contribution in [3.8, 4) is 0 Å². The smallest absolute Gasteiger partial charge is 0.253 e. The Balaban J connectivity index is 1.96. The van der Waals surface area contributed by atoms with Gasteiger partial charge in [-0.25, -0.2) is 0 Å². The van der Waals surface area contributed by atoms with Crippen molar-refractivity contribution >= 4 is 34.2 Å². The molecule has 1 aliphatic rings. The molecule has 0 spiro atoms. The van der Waals surface area contributed by atoms with Gasteiger partial charge in [-0.15, -0.1) is 0 Å². The van der Waals surface area contributed by atoms with Crippen LogP contribution in [0.4, 0.5) is 5.69 Å². The molecule has 0 aliphatic carbocycles. The van der Waals surface area contributed by atoms with Crippen LogP contribution in [-0.4, -0.2) is 18.6 Å². The van der Waals surface area contributed by atoms with Gasteiger partial charge in [0.2, 0.25) is 0 Å². The number of carbonyl (C=O) groups excluding carboxylic acids is 1. The minimum absolute atomic E-state index is 0.0887. The Kier molecular flexibility index (Phi) is 4.17. The number of benzene rings is 1. The predicted molar refractivity (Wildman–Crippen MR) is 70.0 cm³/mol.